The number of carbonyl (C=O) groups is 1. The number of non-ortho nitro benzene ring substituents is 1. The molecule has 1 aromatic heterocycles. The van der Waals surface area contributed by atoms with Crippen LogP contribution >= 0.6 is 0 Å². The third-order valence-corrected chi connectivity index (χ3v) is 2.52. The first-order valence-corrected chi connectivity index (χ1v) is 5.32. The number of benzene rings is 1. The summed E-state index contributed by atoms with van der Waals surface area (Å²) in [5.74, 6) is -0.257. The predicted molar refractivity (Wildman–Crippen MR) is 64.4 cm³/mol. The van der Waals surface area contributed by atoms with Crippen molar-refractivity contribution in [2.45, 2.75) is 13.8 Å². The zero-order valence-corrected chi connectivity index (χ0v) is 10.2. The van der Waals surface area contributed by atoms with Crippen molar-refractivity contribution in [2.75, 3.05) is 0 Å². The number of nitrogens with zero attached hydrogens (tertiary/aromatic N) is 4. The van der Waals surface area contributed by atoms with Crippen molar-refractivity contribution in [3.8, 4) is 5.69 Å². The summed E-state index contributed by atoms with van der Waals surface area (Å²) in [6.07, 6.45) is 0. The minimum absolute atomic E-state index is 0.192. The van der Waals surface area contributed by atoms with E-state index in [2.05, 4.69) is 10.1 Å². The number of hydrogen-bond acceptors (Lipinski definition) is 5. The summed E-state index contributed by atoms with van der Waals surface area (Å²) in [5.41, 5.74) is -0.228. The maximum absolute atomic E-state index is 11.2. The Bertz CT molecular complexity index is 677. The lowest BCUT2D eigenvalue weighted by molar-refractivity contribution is -0.384. The van der Waals surface area contributed by atoms with E-state index in [1.54, 1.807) is 13.8 Å². The Morgan fingerprint density at radius 2 is 2.11 bits per heavy atom. The maximum Gasteiger partial charge on any atom is 0.338 e. The van der Waals surface area contributed by atoms with E-state index in [4.69, 9.17) is 5.11 Å². The average molecular weight is 262 g/mol. The summed E-state index contributed by atoms with van der Waals surface area (Å²) in [4.78, 5) is 25.3. The van der Waals surface area contributed by atoms with Gasteiger partial charge in [0, 0.05) is 12.1 Å². The van der Waals surface area contributed by atoms with Crippen LogP contribution in [0, 0.1) is 24.0 Å². The van der Waals surface area contributed by atoms with E-state index in [-0.39, 0.29) is 16.9 Å². The lowest BCUT2D eigenvalue weighted by atomic mass is 10.1. The van der Waals surface area contributed by atoms with Gasteiger partial charge in [-0.15, -0.1) is 0 Å². The first-order chi connectivity index (χ1) is 8.90. The van der Waals surface area contributed by atoms with Crippen molar-refractivity contribution in [2.24, 2.45) is 0 Å². The second-order valence-electron chi connectivity index (χ2n) is 3.88. The predicted octanol–water partition coefficient (Wildman–Crippen LogP) is 1.49. The molecule has 0 saturated heterocycles. The van der Waals surface area contributed by atoms with Gasteiger partial charge in [-0.25, -0.2) is 14.5 Å². The van der Waals surface area contributed by atoms with Crippen molar-refractivity contribution >= 4 is 11.7 Å². The molecule has 0 aliphatic carbocycles. The molecule has 0 radical (unpaired) electrons. The van der Waals surface area contributed by atoms with Gasteiger partial charge in [0.15, 0.2) is 0 Å². The van der Waals surface area contributed by atoms with E-state index < -0.39 is 10.9 Å². The van der Waals surface area contributed by atoms with Crippen LogP contribution in [0.5, 0.6) is 0 Å². The molecule has 1 heterocycles. The van der Waals surface area contributed by atoms with Crippen LogP contribution in [0.1, 0.15) is 22.0 Å². The molecule has 1 N–H and O–H groups in total. The summed E-state index contributed by atoms with van der Waals surface area (Å²) < 4.78 is 1.35. The largest absolute Gasteiger partial charge is 0.478 e. The zero-order chi connectivity index (χ0) is 14.2. The highest BCUT2D eigenvalue weighted by molar-refractivity contribution is 5.92. The Balaban J connectivity index is 2.66. The molecule has 0 unspecified atom stereocenters. The molecule has 2 rings (SSSR count). The molecule has 0 fully saturated rings. The molecule has 8 nitrogen and oxygen atoms in total. The Morgan fingerprint density at radius 3 is 2.58 bits per heavy atom. The SMILES string of the molecule is Cc1nc(C)n(-c2ccc([N+](=O)[O-])cc2C(=O)O)n1. The number of carboxylic acid groups (broad SMARTS) is 1. The number of aromatic carboxylic acids is 1. The summed E-state index contributed by atoms with van der Waals surface area (Å²) >= 11 is 0. The lowest BCUT2D eigenvalue weighted by Crippen LogP contribution is -2.08. The van der Waals surface area contributed by atoms with E-state index in [1.807, 2.05) is 0 Å². The van der Waals surface area contributed by atoms with Crippen molar-refractivity contribution in [1.82, 2.24) is 14.8 Å². The van der Waals surface area contributed by atoms with E-state index in [9.17, 15) is 14.9 Å². The van der Waals surface area contributed by atoms with Crippen molar-refractivity contribution < 1.29 is 14.8 Å². The van der Waals surface area contributed by atoms with E-state index in [0.717, 1.165) is 6.07 Å². The Labute approximate surface area is 107 Å². The smallest absolute Gasteiger partial charge is 0.338 e. The first kappa shape index (κ1) is 12.7. The van der Waals surface area contributed by atoms with E-state index >= 15 is 0 Å². The number of rotatable bonds is 3. The summed E-state index contributed by atoms with van der Waals surface area (Å²) in [6, 6.07) is 3.59. The van der Waals surface area contributed by atoms with Crippen LogP contribution in [-0.4, -0.2) is 30.8 Å². The average Bonchev–Trinajstić information content (AvgIpc) is 2.67. The molecule has 0 amide bonds. The van der Waals surface area contributed by atoms with Gasteiger partial charge in [0.25, 0.3) is 5.69 Å². The van der Waals surface area contributed by atoms with Gasteiger partial charge >= 0.3 is 5.97 Å². The van der Waals surface area contributed by atoms with Crippen LogP contribution in [0.3, 0.4) is 0 Å². The van der Waals surface area contributed by atoms with Crippen LogP contribution in [0.25, 0.3) is 5.69 Å². The minimum atomic E-state index is -1.26. The lowest BCUT2D eigenvalue weighted by Gasteiger charge is -2.06. The minimum Gasteiger partial charge on any atom is -0.478 e. The molecule has 0 bridgehead atoms. The number of aromatic nitrogens is 3. The summed E-state index contributed by atoms with van der Waals surface area (Å²) in [6.45, 7) is 3.35. The van der Waals surface area contributed by atoms with Crippen LogP contribution < -0.4 is 0 Å². The monoisotopic (exact) mass is 262 g/mol. The molecule has 19 heavy (non-hydrogen) atoms. The molecular formula is C11H10N4O4. The highest BCUT2D eigenvalue weighted by atomic mass is 16.6. The quantitative estimate of drug-likeness (QED) is 0.662. The summed E-state index contributed by atoms with van der Waals surface area (Å²) in [5, 5.41) is 23.9. The van der Waals surface area contributed by atoms with Crippen LogP contribution in [0.15, 0.2) is 18.2 Å². The van der Waals surface area contributed by atoms with E-state index in [0.29, 0.717) is 11.6 Å². The third kappa shape index (κ3) is 2.28. The number of hydrogen-bond donors (Lipinski definition) is 1. The van der Waals surface area contributed by atoms with Crippen LogP contribution in [0.4, 0.5) is 5.69 Å². The summed E-state index contributed by atoms with van der Waals surface area (Å²) in [7, 11) is 0. The highest BCUT2D eigenvalue weighted by Crippen LogP contribution is 2.21. The van der Waals surface area contributed by atoms with Crippen molar-refractivity contribution in [3.05, 3.63) is 45.5 Å². The maximum atomic E-state index is 11.2. The van der Waals surface area contributed by atoms with Gasteiger partial charge in [0.2, 0.25) is 0 Å². The first-order valence-electron chi connectivity index (χ1n) is 5.32. The molecular weight excluding hydrogens is 252 g/mol. The van der Waals surface area contributed by atoms with Gasteiger partial charge in [0.1, 0.15) is 11.6 Å². The van der Waals surface area contributed by atoms with Gasteiger partial charge < -0.3 is 5.11 Å². The third-order valence-electron chi connectivity index (χ3n) is 2.52. The van der Waals surface area contributed by atoms with Crippen molar-refractivity contribution in [1.29, 1.82) is 0 Å². The molecule has 0 atom stereocenters. The van der Waals surface area contributed by atoms with E-state index in [1.165, 1.54) is 16.8 Å². The van der Waals surface area contributed by atoms with Crippen LogP contribution in [0.2, 0.25) is 0 Å². The second kappa shape index (κ2) is 4.48. The van der Waals surface area contributed by atoms with Gasteiger partial charge in [-0.1, -0.05) is 0 Å². The number of carboxylic acids is 1. The molecule has 0 aliphatic rings. The number of aryl methyl sites for hydroxylation is 2. The Hall–Kier alpha value is -2.77. The highest BCUT2D eigenvalue weighted by Gasteiger charge is 2.19. The Morgan fingerprint density at radius 1 is 1.42 bits per heavy atom. The van der Waals surface area contributed by atoms with Gasteiger partial charge in [-0.05, 0) is 19.9 Å². The topological polar surface area (TPSA) is 111 Å². The standard InChI is InChI=1S/C11H10N4O4/c1-6-12-7(2)14(13-6)10-4-3-8(15(18)19)5-9(10)11(16)17/h3-5H,1-2H3,(H,16,17). The normalized spacial score (nSPS) is 10.4. The van der Waals surface area contributed by atoms with Gasteiger partial charge in [-0.3, -0.25) is 10.1 Å². The van der Waals surface area contributed by atoms with Gasteiger partial charge in [-0.2, -0.15) is 5.10 Å². The molecule has 0 aliphatic heterocycles. The number of nitro groups is 1. The molecule has 2 aromatic rings. The fourth-order valence-corrected chi connectivity index (χ4v) is 1.74. The zero-order valence-electron chi connectivity index (χ0n) is 10.2. The molecule has 0 saturated carbocycles. The molecule has 1 aromatic carbocycles. The molecule has 0 spiro atoms. The number of nitro benzene ring substituents is 1. The van der Waals surface area contributed by atoms with Gasteiger partial charge in [0.05, 0.1) is 16.2 Å². The van der Waals surface area contributed by atoms with Crippen LogP contribution in [-0.2, 0) is 0 Å². The Kier molecular flexibility index (Phi) is 2.99. The fraction of sp³-hybridized carbons (Fsp3) is 0.182. The molecule has 8 heteroatoms. The molecule has 98 valence electrons. The van der Waals surface area contributed by atoms with Crippen molar-refractivity contribution in [3.63, 3.8) is 0 Å². The fourth-order valence-electron chi connectivity index (χ4n) is 1.74. The second-order valence-corrected chi connectivity index (χ2v) is 3.88.